The molecule has 1 aromatic heterocycles. The van der Waals surface area contributed by atoms with Gasteiger partial charge >= 0.3 is 0 Å². The van der Waals surface area contributed by atoms with Gasteiger partial charge in [0, 0.05) is 24.5 Å². The SMILES string of the molecule is Cc1ccc(NC(=O)c2ccc(N(CCO)C3CCC3)nc2)cc1. The second-order valence-electron chi connectivity index (χ2n) is 6.23. The van der Waals surface area contributed by atoms with Gasteiger partial charge < -0.3 is 15.3 Å². The molecule has 126 valence electrons. The van der Waals surface area contributed by atoms with Crippen molar-refractivity contribution in [1.29, 1.82) is 0 Å². The summed E-state index contributed by atoms with van der Waals surface area (Å²) >= 11 is 0. The highest BCUT2D eigenvalue weighted by Crippen LogP contribution is 2.28. The molecule has 2 N–H and O–H groups in total. The molecule has 5 nitrogen and oxygen atoms in total. The number of hydrogen-bond donors (Lipinski definition) is 2. The third-order valence-corrected chi connectivity index (χ3v) is 4.47. The van der Waals surface area contributed by atoms with Crippen LogP contribution in [0.15, 0.2) is 42.6 Å². The molecule has 0 radical (unpaired) electrons. The zero-order chi connectivity index (χ0) is 16.9. The number of aliphatic hydroxyl groups is 1. The quantitative estimate of drug-likeness (QED) is 0.857. The van der Waals surface area contributed by atoms with Crippen molar-refractivity contribution in [3.8, 4) is 0 Å². The Kier molecular flexibility index (Phi) is 5.11. The smallest absolute Gasteiger partial charge is 0.257 e. The molecule has 1 amide bonds. The van der Waals surface area contributed by atoms with Crippen LogP contribution in [-0.2, 0) is 0 Å². The average molecular weight is 325 g/mol. The zero-order valence-electron chi connectivity index (χ0n) is 13.9. The van der Waals surface area contributed by atoms with E-state index in [1.165, 1.54) is 6.42 Å². The standard InChI is InChI=1S/C19H23N3O2/c1-14-5-8-16(9-6-14)21-19(24)15-7-10-18(20-13-15)22(11-12-23)17-3-2-4-17/h5-10,13,17,23H,2-4,11-12H2,1H3,(H,21,24). The molecule has 3 rings (SSSR count). The number of benzene rings is 1. The van der Waals surface area contributed by atoms with Gasteiger partial charge in [-0.05, 0) is 50.5 Å². The lowest BCUT2D eigenvalue weighted by molar-refractivity contribution is 0.102. The Morgan fingerprint density at radius 3 is 2.54 bits per heavy atom. The van der Waals surface area contributed by atoms with Crippen molar-refractivity contribution in [2.75, 3.05) is 23.4 Å². The van der Waals surface area contributed by atoms with E-state index in [1.54, 1.807) is 12.3 Å². The molecule has 0 aliphatic heterocycles. The van der Waals surface area contributed by atoms with Crippen LogP contribution < -0.4 is 10.2 Å². The van der Waals surface area contributed by atoms with Crippen molar-refractivity contribution in [1.82, 2.24) is 4.98 Å². The minimum absolute atomic E-state index is 0.105. The first-order valence-corrected chi connectivity index (χ1v) is 8.39. The molecule has 0 spiro atoms. The van der Waals surface area contributed by atoms with Crippen LogP contribution in [0.5, 0.6) is 0 Å². The third-order valence-electron chi connectivity index (χ3n) is 4.47. The van der Waals surface area contributed by atoms with Gasteiger partial charge in [-0.1, -0.05) is 17.7 Å². The number of carbonyl (C=O) groups is 1. The third kappa shape index (κ3) is 3.74. The lowest BCUT2D eigenvalue weighted by atomic mass is 9.91. The molecule has 0 saturated heterocycles. The number of hydrogen-bond acceptors (Lipinski definition) is 4. The number of carbonyl (C=O) groups excluding carboxylic acids is 1. The van der Waals surface area contributed by atoms with Crippen molar-refractivity contribution in [2.24, 2.45) is 0 Å². The normalized spacial score (nSPS) is 14.1. The second-order valence-corrected chi connectivity index (χ2v) is 6.23. The Balaban J connectivity index is 1.68. The first-order valence-electron chi connectivity index (χ1n) is 8.39. The predicted molar refractivity (Wildman–Crippen MR) is 95.4 cm³/mol. The molecule has 1 heterocycles. The van der Waals surface area contributed by atoms with Gasteiger partial charge in [0.25, 0.3) is 5.91 Å². The van der Waals surface area contributed by atoms with E-state index in [-0.39, 0.29) is 12.5 Å². The summed E-state index contributed by atoms with van der Waals surface area (Å²) in [6.07, 6.45) is 5.10. The van der Waals surface area contributed by atoms with Gasteiger partial charge in [0.1, 0.15) is 5.82 Å². The van der Waals surface area contributed by atoms with Crippen LogP contribution in [0.4, 0.5) is 11.5 Å². The average Bonchev–Trinajstić information content (AvgIpc) is 2.55. The van der Waals surface area contributed by atoms with Crippen molar-refractivity contribution in [2.45, 2.75) is 32.2 Å². The molecular weight excluding hydrogens is 302 g/mol. The largest absolute Gasteiger partial charge is 0.395 e. The summed E-state index contributed by atoms with van der Waals surface area (Å²) in [5, 5.41) is 12.1. The van der Waals surface area contributed by atoms with Crippen molar-refractivity contribution in [3.05, 3.63) is 53.7 Å². The van der Waals surface area contributed by atoms with E-state index in [1.807, 2.05) is 37.3 Å². The molecule has 1 fully saturated rings. The minimum atomic E-state index is -0.171. The Bertz CT molecular complexity index is 679. The number of pyridine rings is 1. The van der Waals surface area contributed by atoms with Crippen LogP contribution in [0, 0.1) is 6.92 Å². The number of aromatic nitrogens is 1. The molecule has 0 bridgehead atoms. The molecule has 1 aliphatic carbocycles. The van der Waals surface area contributed by atoms with Crippen LogP contribution in [0.1, 0.15) is 35.2 Å². The van der Waals surface area contributed by atoms with Crippen molar-refractivity contribution >= 4 is 17.4 Å². The van der Waals surface area contributed by atoms with Crippen LogP contribution in [0.25, 0.3) is 0 Å². The monoisotopic (exact) mass is 325 g/mol. The number of rotatable bonds is 6. The summed E-state index contributed by atoms with van der Waals surface area (Å²) in [6.45, 7) is 2.69. The van der Waals surface area contributed by atoms with Gasteiger partial charge in [0.15, 0.2) is 0 Å². The molecule has 1 aromatic carbocycles. The summed E-state index contributed by atoms with van der Waals surface area (Å²) < 4.78 is 0. The summed E-state index contributed by atoms with van der Waals surface area (Å²) in [4.78, 5) is 18.9. The van der Waals surface area contributed by atoms with E-state index >= 15 is 0 Å². The van der Waals surface area contributed by atoms with Crippen LogP contribution in [0.2, 0.25) is 0 Å². The van der Waals surface area contributed by atoms with Gasteiger partial charge in [0.05, 0.1) is 12.2 Å². The van der Waals surface area contributed by atoms with Crippen molar-refractivity contribution in [3.63, 3.8) is 0 Å². The van der Waals surface area contributed by atoms with Crippen LogP contribution in [-0.4, -0.2) is 35.2 Å². The number of nitrogens with zero attached hydrogens (tertiary/aromatic N) is 2. The van der Waals surface area contributed by atoms with Gasteiger partial charge in [-0.15, -0.1) is 0 Å². The fourth-order valence-electron chi connectivity index (χ4n) is 2.82. The molecule has 1 aliphatic rings. The number of amides is 1. The first-order chi connectivity index (χ1) is 11.7. The fourth-order valence-corrected chi connectivity index (χ4v) is 2.82. The van der Waals surface area contributed by atoms with Gasteiger partial charge in [0.2, 0.25) is 0 Å². The Labute approximate surface area is 142 Å². The van der Waals surface area contributed by atoms with E-state index in [0.29, 0.717) is 18.2 Å². The maximum atomic E-state index is 12.3. The summed E-state index contributed by atoms with van der Waals surface area (Å²) in [5.74, 6) is 0.649. The summed E-state index contributed by atoms with van der Waals surface area (Å²) in [7, 11) is 0. The molecule has 2 aromatic rings. The van der Waals surface area contributed by atoms with Gasteiger partial charge in [-0.2, -0.15) is 0 Å². The highest BCUT2D eigenvalue weighted by atomic mass is 16.3. The highest BCUT2D eigenvalue weighted by molar-refractivity contribution is 6.04. The van der Waals surface area contributed by atoms with E-state index in [9.17, 15) is 9.90 Å². The molecule has 0 atom stereocenters. The Morgan fingerprint density at radius 1 is 1.25 bits per heavy atom. The Hall–Kier alpha value is -2.40. The molecule has 24 heavy (non-hydrogen) atoms. The lowest BCUT2D eigenvalue weighted by Crippen LogP contribution is -2.42. The topological polar surface area (TPSA) is 65.5 Å². The number of aryl methyl sites for hydroxylation is 1. The zero-order valence-corrected chi connectivity index (χ0v) is 13.9. The maximum absolute atomic E-state index is 12.3. The van der Waals surface area contributed by atoms with Crippen LogP contribution >= 0.6 is 0 Å². The minimum Gasteiger partial charge on any atom is -0.395 e. The van der Waals surface area contributed by atoms with E-state index in [4.69, 9.17) is 0 Å². The lowest BCUT2D eigenvalue weighted by Gasteiger charge is -2.38. The summed E-state index contributed by atoms with van der Waals surface area (Å²) in [5.41, 5.74) is 2.45. The van der Waals surface area contributed by atoms with Crippen LogP contribution in [0.3, 0.4) is 0 Å². The van der Waals surface area contributed by atoms with Gasteiger partial charge in [-0.25, -0.2) is 4.98 Å². The predicted octanol–water partition coefficient (Wildman–Crippen LogP) is 2.99. The van der Waals surface area contributed by atoms with Crippen molar-refractivity contribution < 1.29 is 9.90 Å². The molecular formula is C19H23N3O2. The second kappa shape index (κ2) is 7.45. The van der Waals surface area contributed by atoms with E-state index < -0.39 is 0 Å². The first kappa shape index (κ1) is 16.5. The highest BCUT2D eigenvalue weighted by Gasteiger charge is 2.25. The molecule has 5 heteroatoms. The summed E-state index contributed by atoms with van der Waals surface area (Å²) in [6, 6.07) is 11.8. The fraction of sp³-hybridized carbons (Fsp3) is 0.368. The van der Waals surface area contributed by atoms with E-state index in [2.05, 4.69) is 15.2 Å². The molecule has 1 saturated carbocycles. The van der Waals surface area contributed by atoms with Gasteiger partial charge in [-0.3, -0.25) is 4.79 Å². The molecule has 0 unspecified atom stereocenters. The number of anilines is 2. The number of nitrogens with one attached hydrogen (secondary N) is 1. The van der Waals surface area contributed by atoms with E-state index in [0.717, 1.165) is 29.9 Å². The number of aliphatic hydroxyl groups excluding tert-OH is 1. The Morgan fingerprint density at radius 2 is 2.00 bits per heavy atom. The maximum Gasteiger partial charge on any atom is 0.257 e.